The molecule has 3 aliphatic rings. The second-order valence-corrected chi connectivity index (χ2v) is 7.45. The first-order chi connectivity index (χ1) is 15.0. The molecule has 0 spiro atoms. The van der Waals surface area contributed by atoms with Gasteiger partial charge in [-0.05, 0) is 0 Å². The second kappa shape index (κ2) is 6.60. The number of carbonyl (C=O) groups is 1. The third-order valence-electron chi connectivity index (χ3n) is 5.99. The van der Waals surface area contributed by atoms with Gasteiger partial charge in [-0.25, -0.2) is 14.8 Å². The predicted molar refractivity (Wildman–Crippen MR) is 114 cm³/mol. The fraction of sp³-hybridized carbons (Fsp3) is 0.261. The number of hydrogen-bond donors (Lipinski definition) is 0. The van der Waals surface area contributed by atoms with Crippen molar-refractivity contribution in [1.29, 1.82) is 0 Å². The van der Waals surface area contributed by atoms with E-state index >= 15 is 0 Å². The summed E-state index contributed by atoms with van der Waals surface area (Å²) in [6.45, 7) is 0. The molecule has 5 rings (SSSR count). The number of amidine groups is 2. The summed E-state index contributed by atoms with van der Waals surface area (Å²) in [5.41, 5.74) is -0.471. The highest BCUT2D eigenvalue weighted by Gasteiger charge is 2.71. The molecule has 0 unspecified atom stereocenters. The van der Waals surface area contributed by atoms with Crippen LogP contribution >= 0.6 is 0 Å². The van der Waals surface area contributed by atoms with E-state index in [1.807, 2.05) is 67.7 Å². The number of carbonyl (C=O) groups excluding carboxylic acids is 1. The first kappa shape index (κ1) is 19.2. The molecule has 0 saturated carbocycles. The molecule has 3 heterocycles. The second-order valence-electron chi connectivity index (χ2n) is 7.45. The lowest BCUT2D eigenvalue weighted by Gasteiger charge is -2.55. The largest absolute Gasteiger partial charge is 0.429 e. The van der Waals surface area contributed by atoms with E-state index in [1.165, 1.54) is 0 Å². The third kappa shape index (κ3) is 2.27. The van der Waals surface area contributed by atoms with Crippen LogP contribution in [0.15, 0.2) is 82.0 Å². The molecule has 0 amide bonds. The summed E-state index contributed by atoms with van der Waals surface area (Å²) in [4.78, 5) is 25.4. The highest BCUT2D eigenvalue weighted by molar-refractivity contribution is 5.99. The van der Waals surface area contributed by atoms with E-state index < -0.39 is 17.4 Å². The van der Waals surface area contributed by atoms with E-state index in [-0.39, 0.29) is 11.8 Å². The van der Waals surface area contributed by atoms with Gasteiger partial charge >= 0.3 is 5.97 Å². The molecule has 158 valence electrons. The molecule has 2 aromatic carbocycles. The van der Waals surface area contributed by atoms with Gasteiger partial charge in [-0.1, -0.05) is 60.7 Å². The number of hydrogen-bond acceptors (Lipinski definition) is 6. The van der Waals surface area contributed by atoms with Gasteiger partial charge < -0.3 is 14.2 Å². The number of ether oxygens (including phenoxy) is 3. The normalized spacial score (nSPS) is 29.6. The number of nitrogens with zero attached hydrogens (tertiary/aromatic N) is 4. The average molecular weight is 418 g/mol. The molecular formula is C23H22N4O4. The minimum atomic E-state index is -1.30. The molecule has 31 heavy (non-hydrogen) atoms. The van der Waals surface area contributed by atoms with Crippen molar-refractivity contribution in [2.24, 2.45) is 9.98 Å². The van der Waals surface area contributed by atoms with E-state index in [4.69, 9.17) is 14.2 Å². The summed E-state index contributed by atoms with van der Waals surface area (Å²) in [5.74, 6) is -0.505. The lowest BCUT2D eigenvalue weighted by atomic mass is 9.79. The molecule has 2 aromatic rings. The standard InChI is InChI=1S/C23H22N4O4/c1-24-20-26(3)23(16-13-9-6-10-14-16)18-17(29-20)19(28)30-22(18,15-11-7-5-8-12-15)27(4)21(25-2)31-23/h5-14H,1-4H3/t22-,23-/m0/s1. The van der Waals surface area contributed by atoms with Crippen LogP contribution in [0.2, 0.25) is 0 Å². The first-order valence-corrected chi connectivity index (χ1v) is 9.88. The SMILES string of the molecule is CN=C1O[C@@]2(c3ccccc3)C3=C(OC(=NC)N2C)C(=O)O[C@]3(c2ccccc2)N1C. The van der Waals surface area contributed by atoms with E-state index in [9.17, 15) is 4.79 Å². The summed E-state index contributed by atoms with van der Waals surface area (Å²) in [6, 6.07) is 19.7. The smallest absolute Gasteiger partial charge is 0.377 e. The molecule has 8 heteroatoms. The van der Waals surface area contributed by atoms with Gasteiger partial charge in [-0.3, -0.25) is 9.80 Å². The van der Waals surface area contributed by atoms with E-state index in [0.29, 0.717) is 11.6 Å². The molecule has 2 atom stereocenters. The fourth-order valence-electron chi connectivity index (χ4n) is 4.63. The molecule has 3 aliphatic heterocycles. The van der Waals surface area contributed by atoms with Crippen LogP contribution in [-0.2, 0) is 30.5 Å². The number of esters is 1. The molecule has 0 aliphatic carbocycles. The molecule has 0 bridgehead atoms. The summed E-state index contributed by atoms with van der Waals surface area (Å²) in [7, 11) is 6.85. The summed E-state index contributed by atoms with van der Waals surface area (Å²) < 4.78 is 18.7. The Kier molecular flexibility index (Phi) is 4.08. The van der Waals surface area contributed by atoms with Crippen molar-refractivity contribution in [3.05, 3.63) is 83.1 Å². The van der Waals surface area contributed by atoms with Gasteiger partial charge in [0.25, 0.3) is 12.0 Å². The van der Waals surface area contributed by atoms with Gasteiger partial charge in [0.15, 0.2) is 0 Å². The van der Waals surface area contributed by atoms with Gasteiger partial charge in [0.05, 0.1) is 0 Å². The van der Waals surface area contributed by atoms with Crippen molar-refractivity contribution in [3.63, 3.8) is 0 Å². The van der Waals surface area contributed by atoms with Gasteiger partial charge in [0.2, 0.25) is 17.2 Å². The highest BCUT2D eigenvalue weighted by atomic mass is 16.6. The highest BCUT2D eigenvalue weighted by Crippen LogP contribution is 2.59. The van der Waals surface area contributed by atoms with E-state index in [1.54, 1.807) is 30.9 Å². The Morgan fingerprint density at radius 2 is 1.23 bits per heavy atom. The monoisotopic (exact) mass is 418 g/mol. The topological polar surface area (TPSA) is 76.0 Å². The summed E-state index contributed by atoms with van der Waals surface area (Å²) in [6.07, 6.45) is 0. The first-order valence-electron chi connectivity index (χ1n) is 9.88. The Morgan fingerprint density at radius 3 is 1.74 bits per heavy atom. The maximum absolute atomic E-state index is 13.2. The Bertz CT molecular complexity index is 1140. The van der Waals surface area contributed by atoms with Crippen LogP contribution in [-0.4, -0.2) is 56.0 Å². The van der Waals surface area contributed by atoms with Crippen molar-refractivity contribution in [2.45, 2.75) is 11.4 Å². The summed E-state index contributed by atoms with van der Waals surface area (Å²) in [5, 5.41) is 0. The predicted octanol–water partition coefficient (Wildman–Crippen LogP) is 2.40. The maximum Gasteiger partial charge on any atom is 0.377 e. The fourth-order valence-corrected chi connectivity index (χ4v) is 4.63. The van der Waals surface area contributed by atoms with Crippen LogP contribution in [0, 0.1) is 0 Å². The van der Waals surface area contributed by atoms with Gasteiger partial charge in [-0.2, -0.15) is 0 Å². The Labute approximate surface area is 180 Å². The van der Waals surface area contributed by atoms with Crippen molar-refractivity contribution >= 4 is 18.0 Å². The van der Waals surface area contributed by atoms with Gasteiger partial charge in [0, 0.05) is 39.3 Å². The Hall–Kier alpha value is -3.81. The maximum atomic E-state index is 13.2. The van der Waals surface area contributed by atoms with Crippen LogP contribution in [0.25, 0.3) is 0 Å². The van der Waals surface area contributed by atoms with E-state index in [2.05, 4.69) is 9.98 Å². The molecule has 0 radical (unpaired) electrons. The lowest BCUT2D eigenvalue weighted by molar-refractivity contribution is -0.179. The minimum Gasteiger partial charge on any atom is -0.429 e. The van der Waals surface area contributed by atoms with Crippen molar-refractivity contribution < 1.29 is 19.0 Å². The minimum absolute atomic E-state index is 0.0772. The zero-order valence-electron chi connectivity index (χ0n) is 17.7. The molecule has 1 saturated heterocycles. The van der Waals surface area contributed by atoms with Crippen LogP contribution < -0.4 is 0 Å². The number of benzene rings is 2. The molecule has 1 fully saturated rings. The average Bonchev–Trinajstić information content (AvgIpc) is 3.13. The number of aliphatic imine (C=N–C) groups is 2. The van der Waals surface area contributed by atoms with Gasteiger partial charge in [-0.15, -0.1) is 0 Å². The Balaban J connectivity index is 1.93. The molecular weight excluding hydrogens is 396 g/mol. The van der Waals surface area contributed by atoms with Crippen LogP contribution in [0.4, 0.5) is 0 Å². The van der Waals surface area contributed by atoms with E-state index in [0.717, 1.165) is 11.1 Å². The van der Waals surface area contributed by atoms with Crippen molar-refractivity contribution in [3.8, 4) is 0 Å². The molecule has 0 aromatic heterocycles. The van der Waals surface area contributed by atoms with Gasteiger partial charge in [0.1, 0.15) is 5.57 Å². The number of rotatable bonds is 2. The quantitative estimate of drug-likeness (QED) is 0.698. The summed E-state index contributed by atoms with van der Waals surface area (Å²) >= 11 is 0. The molecule has 8 nitrogen and oxygen atoms in total. The number of likely N-dealkylation sites (N-methyl/N-ethyl adjacent to an activating group) is 2. The Morgan fingerprint density at radius 1 is 0.742 bits per heavy atom. The zero-order valence-corrected chi connectivity index (χ0v) is 17.7. The lowest BCUT2D eigenvalue weighted by Crippen LogP contribution is -2.67. The van der Waals surface area contributed by atoms with Crippen LogP contribution in [0.5, 0.6) is 0 Å². The van der Waals surface area contributed by atoms with Crippen molar-refractivity contribution in [1.82, 2.24) is 9.80 Å². The van der Waals surface area contributed by atoms with Crippen LogP contribution in [0.3, 0.4) is 0 Å². The third-order valence-corrected chi connectivity index (χ3v) is 5.99. The van der Waals surface area contributed by atoms with Crippen LogP contribution in [0.1, 0.15) is 11.1 Å². The van der Waals surface area contributed by atoms with Crippen molar-refractivity contribution in [2.75, 3.05) is 28.2 Å². The molecule has 0 N–H and O–H groups in total. The zero-order chi connectivity index (χ0) is 21.8.